The normalized spacial score (nSPS) is 22.0. The van der Waals surface area contributed by atoms with Gasteiger partial charge in [0.1, 0.15) is 0 Å². The fourth-order valence-electron chi connectivity index (χ4n) is 4.34. The molecule has 0 bridgehead atoms. The van der Waals surface area contributed by atoms with E-state index in [4.69, 9.17) is 9.26 Å². The summed E-state index contributed by atoms with van der Waals surface area (Å²) in [5.74, 6) is 1.41. The van der Waals surface area contributed by atoms with Gasteiger partial charge >= 0.3 is 0 Å². The van der Waals surface area contributed by atoms with Crippen molar-refractivity contribution in [3.63, 3.8) is 0 Å². The summed E-state index contributed by atoms with van der Waals surface area (Å²) in [5, 5.41) is 4.18. The van der Waals surface area contributed by atoms with Gasteiger partial charge in [-0.05, 0) is 30.4 Å². The molecule has 0 saturated carbocycles. The lowest BCUT2D eigenvalue weighted by atomic mass is 9.72. The zero-order valence-corrected chi connectivity index (χ0v) is 16.9. The summed E-state index contributed by atoms with van der Waals surface area (Å²) in [6, 6.07) is 3.77. The third-order valence-corrected chi connectivity index (χ3v) is 5.83. The van der Waals surface area contributed by atoms with Crippen LogP contribution in [0, 0.1) is 10.8 Å². The maximum absolute atomic E-state index is 12.9. The lowest BCUT2D eigenvalue weighted by Gasteiger charge is -2.36. The zero-order valence-electron chi connectivity index (χ0n) is 16.9. The molecule has 0 unspecified atom stereocenters. The van der Waals surface area contributed by atoms with Crippen LogP contribution < -0.4 is 0 Å². The van der Waals surface area contributed by atoms with Crippen LogP contribution in [0.3, 0.4) is 0 Å². The topological polar surface area (TPSA) is 81.4 Å². The highest BCUT2D eigenvalue weighted by atomic mass is 16.5. The molecule has 0 aromatic carbocycles. The Bertz CT molecular complexity index is 822. The minimum atomic E-state index is -0.0511. The summed E-state index contributed by atoms with van der Waals surface area (Å²) in [6.07, 6.45) is 5.80. The van der Waals surface area contributed by atoms with Crippen LogP contribution in [-0.4, -0.2) is 52.2 Å². The number of carbonyl (C=O) groups is 1. The van der Waals surface area contributed by atoms with Crippen LogP contribution in [0.25, 0.3) is 11.4 Å². The van der Waals surface area contributed by atoms with Gasteiger partial charge in [-0.15, -0.1) is 0 Å². The van der Waals surface area contributed by atoms with Crippen LogP contribution in [0.4, 0.5) is 0 Å². The van der Waals surface area contributed by atoms with E-state index in [1.54, 1.807) is 12.4 Å². The van der Waals surface area contributed by atoms with Gasteiger partial charge in [-0.25, -0.2) is 0 Å². The number of carbonyl (C=O) groups excluding carboxylic acids is 1. The average Bonchev–Trinajstić information content (AvgIpc) is 3.27. The van der Waals surface area contributed by atoms with Crippen molar-refractivity contribution < 1.29 is 14.1 Å². The van der Waals surface area contributed by atoms with Gasteiger partial charge in [0.2, 0.25) is 17.6 Å². The van der Waals surface area contributed by atoms with E-state index in [1.165, 1.54) is 0 Å². The highest BCUT2D eigenvalue weighted by Gasteiger charge is 2.51. The largest absolute Gasteiger partial charge is 0.381 e. The van der Waals surface area contributed by atoms with Gasteiger partial charge in [-0.2, -0.15) is 4.98 Å². The van der Waals surface area contributed by atoms with Gasteiger partial charge < -0.3 is 14.2 Å². The fourth-order valence-corrected chi connectivity index (χ4v) is 4.34. The maximum atomic E-state index is 12.9. The first-order valence-electron chi connectivity index (χ1n) is 9.96. The highest BCUT2D eigenvalue weighted by molar-refractivity contribution is 5.77. The van der Waals surface area contributed by atoms with Gasteiger partial charge in [-0.1, -0.05) is 25.9 Å². The van der Waals surface area contributed by atoms with E-state index in [9.17, 15) is 4.79 Å². The van der Waals surface area contributed by atoms with Crippen molar-refractivity contribution in [2.75, 3.05) is 26.3 Å². The molecule has 4 heterocycles. The standard InChI is InChI=1S/C21H28N4O3/c1-20(2,3)11-17(26)25-13-16(21(14-25)6-9-27-10-7-21)19-23-18(24-28-19)15-5-4-8-22-12-15/h4-5,8,12,16H,6-7,9-11,13-14H2,1-3H3/t16-/m1/s1. The van der Waals surface area contributed by atoms with Crippen molar-refractivity contribution in [1.29, 1.82) is 0 Å². The van der Waals surface area contributed by atoms with Crippen molar-refractivity contribution in [2.24, 2.45) is 10.8 Å². The molecule has 7 heteroatoms. The van der Waals surface area contributed by atoms with Crippen LogP contribution in [0.2, 0.25) is 0 Å². The van der Waals surface area contributed by atoms with Gasteiger partial charge in [0.25, 0.3) is 0 Å². The Kier molecular flexibility index (Phi) is 4.95. The number of rotatable bonds is 3. The third-order valence-electron chi connectivity index (χ3n) is 5.83. The minimum absolute atomic E-state index is 0.0318. The summed E-state index contributed by atoms with van der Waals surface area (Å²) < 4.78 is 11.3. The Hall–Kier alpha value is -2.28. The van der Waals surface area contributed by atoms with Gasteiger partial charge in [0.15, 0.2) is 0 Å². The van der Waals surface area contributed by atoms with E-state index in [0.29, 0.717) is 37.9 Å². The number of hydrogen-bond donors (Lipinski definition) is 0. The molecule has 2 saturated heterocycles. The van der Waals surface area contributed by atoms with Crippen LogP contribution in [0.1, 0.15) is 51.8 Å². The van der Waals surface area contributed by atoms with Crippen molar-refractivity contribution in [3.05, 3.63) is 30.4 Å². The van der Waals surface area contributed by atoms with E-state index in [1.807, 2.05) is 17.0 Å². The molecule has 2 aliphatic rings. The van der Waals surface area contributed by atoms with E-state index in [-0.39, 0.29) is 22.7 Å². The second kappa shape index (κ2) is 7.28. The Balaban J connectivity index is 1.60. The van der Waals surface area contributed by atoms with E-state index in [0.717, 1.165) is 24.9 Å². The first-order chi connectivity index (χ1) is 13.4. The lowest BCUT2D eigenvalue weighted by Crippen LogP contribution is -2.38. The monoisotopic (exact) mass is 384 g/mol. The lowest BCUT2D eigenvalue weighted by molar-refractivity contribution is -0.132. The molecule has 2 aromatic rings. The smallest absolute Gasteiger partial charge is 0.232 e. The Morgan fingerprint density at radius 1 is 1.32 bits per heavy atom. The number of amides is 1. The molecule has 2 aromatic heterocycles. The maximum Gasteiger partial charge on any atom is 0.232 e. The molecule has 4 rings (SSSR count). The SMILES string of the molecule is CC(C)(C)CC(=O)N1C[C@H](c2nc(-c3cccnc3)no2)C2(CCOCC2)C1. The van der Waals surface area contributed by atoms with Crippen molar-refractivity contribution >= 4 is 5.91 Å². The molecule has 0 aliphatic carbocycles. The highest BCUT2D eigenvalue weighted by Crippen LogP contribution is 2.49. The Labute approximate surface area is 165 Å². The third kappa shape index (κ3) is 3.81. The van der Waals surface area contributed by atoms with E-state index >= 15 is 0 Å². The quantitative estimate of drug-likeness (QED) is 0.808. The van der Waals surface area contributed by atoms with Crippen LogP contribution >= 0.6 is 0 Å². The molecule has 28 heavy (non-hydrogen) atoms. The molecule has 2 aliphatic heterocycles. The van der Waals surface area contributed by atoms with Gasteiger partial charge in [0, 0.05) is 56.1 Å². The summed E-state index contributed by atoms with van der Waals surface area (Å²) in [6.45, 7) is 9.08. The molecule has 1 atom stereocenters. The fraction of sp³-hybridized carbons (Fsp3) is 0.619. The summed E-state index contributed by atoms with van der Waals surface area (Å²) >= 11 is 0. The predicted octanol–water partition coefficient (Wildman–Crippen LogP) is 3.29. The molecular weight excluding hydrogens is 356 g/mol. The number of nitrogens with zero attached hydrogens (tertiary/aromatic N) is 4. The average molecular weight is 384 g/mol. The molecule has 150 valence electrons. The van der Waals surface area contributed by atoms with Crippen LogP contribution in [-0.2, 0) is 9.53 Å². The summed E-state index contributed by atoms with van der Waals surface area (Å²) in [7, 11) is 0. The molecule has 1 spiro atoms. The van der Waals surface area contributed by atoms with E-state index < -0.39 is 0 Å². The number of ether oxygens (including phenoxy) is 1. The molecule has 0 N–H and O–H groups in total. The number of pyridine rings is 1. The second-order valence-corrected chi connectivity index (χ2v) is 9.24. The second-order valence-electron chi connectivity index (χ2n) is 9.24. The van der Waals surface area contributed by atoms with Gasteiger partial charge in [-0.3, -0.25) is 9.78 Å². The minimum Gasteiger partial charge on any atom is -0.381 e. The number of aromatic nitrogens is 3. The molecule has 7 nitrogen and oxygen atoms in total. The van der Waals surface area contributed by atoms with E-state index in [2.05, 4.69) is 35.9 Å². The van der Waals surface area contributed by atoms with Crippen molar-refractivity contribution in [1.82, 2.24) is 20.0 Å². The summed E-state index contributed by atoms with van der Waals surface area (Å²) in [5.41, 5.74) is 0.748. The van der Waals surface area contributed by atoms with Crippen LogP contribution in [0.5, 0.6) is 0 Å². The first-order valence-corrected chi connectivity index (χ1v) is 9.96. The predicted molar refractivity (Wildman–Crippen MR) is 103 cm³/mol. The Morgan fingerprint density at radius 3 is 2.79 bits per heavy atom. The molecule has 2 fully saturated rings. The molecule has 0 radical (unpaired) electrons. The van der Waals surface area contributed by atoms with Crippen molar-refractivity contribution in [2.45, 2.75) is 46.0 Å². The van der Waals surface area contributed by atoms with Crippen molar-refractivity contribution in [3.8, 4) is 11.4 Å². The summed E-state index contributed by atoms with van der Waals surface area (Å²) in [4.78, 5) is 23.7. The van der Waals surface area contributed by atoms with Crippen LogP contribution in [0.15, 0.2) is 29.0 Å². The molecular formula is C21H28N4O3. The molecule has 1 amide bonds. The number of hydrogen-bond acceptors (Lipinski definition) is 6. The Morgan fingerprint density at radius 2 is 2.11 bits per heavy atom. The number of likely N-dealkylation sites (tertiary alicyclic amines) is 1. The van der Waals surface area contributed by atoms with Gasteiger partial charge in [0.05, 0.1) is 5.92 Å². The zero-order chi connectivity index (χ0) is 19.8. The first kappa shape index (κ1) is 19.1.